The third kappa shape index (κ3) is 4.36. The van der Waals surface area contributed by atoms with Crippen LogP contribution in [0.4, 0.5) is 0 Å². The zero-order chi connectivity index (χ0) is 20.3. The predicted octanol–water partition coefficient (Wildman–Crippen LogP) is 2.70. The third-order valence-corrected chi connectivity index (χ3v) is 7.82. The van der Waals surface area contributed by atoms with Gasteiger partial charge in [-0.1, -0.05) is 24.3 Å². The van der Waals surface area contributed by atoms with E-state index < -0.39 is 10.0 Å². The van der Waals surface area contributed by atoms with Gasteiger partial charge in [-0.3, -0.25) is 9.78 Å². The van der Waals surface area contributed by atoms with Crippen molar-refractivity contribution in [3.8, 4) is 0 Å². The number of sulfonamides is 1. The Morgan fingerprint density at radius 2 is 1.83 bits per heavy atom. The van der Waals surface area contributed by atoms with E-state index in [9.17, 15) is 13.2 Å². The van der Waals surface area contributed by atoms with Crippen LogP contribution in [0.5, 0.6) is 0 Å². The Kier molecular flexibility index (Phi) is 5.96. The number of carbonyl (C=O) groups is 1. The number of likely N-dealkylation sites (tertiary alicyclic amines) is 1. The smallest absolute Gasteiger partial charge is 0.243 e. The van der Waals surface area contributed by atoms with Gasteiger partial charge in [-0.25, -0.2) is 8.42 Å². The number of nitrogens with zero attached hydrogens (tertiary/aromatic N) is 3. The quantitative estimate of drug-likeness (QED) is 0.756. The summed E-state index contributed by atoms with van der Waals surface area (Å²) < 4.78 is 28.5. The van der Waals surface area contributed by atoms with Gasteiger partial charge in [0.25, 0.3) is 0 Å². The molecule has 1 amide bonds. The highest BCUT2D eigenvalue weighted by atomic mass is 32.2. The highest BCUT2D eigenvalue weighted by Crippen LogP contribution is 2.28. The summed E-state index contributed by atoms with van der Waals surface area (Å²) in [5.41, 5.74) is 1.73. The van der Waals surface area contributed by atoms with E-state index in [4.69, 9.17) is 0 Å². The second-order valence-corrected chi connectivity index (χ2v) is 9.79. The average molecular weight is 414 g/mol. The van der Waals surface area contributed by atoms with Crippen molar-refractivity contribution >= 4 is 15.9 Å². The lowest BCUT2D eigenvalue weighted by molar-refractivity contribution is -0.135. The van der Waals surface area contributed by atoms with E-state index in [1.165, 1.54) is 4.31 Å². The fourth-order valence-electron chi connectivity index (χ4n) is 4.32. The molecule has 1 atom stereocenters. The minimum absolute atomic E-state index is 0.117. The molecule has 7 heteroatoms. The van der Waals surface area contributed by atoms with Gasteiger partial charge >= 0.3 is 0 Å². The fourth-order valence-corrected chi connectivity index (χ4v) is 6.07. The van der Waals surface area contributed by atoms with E-state index in [1.54, 1.807) is 24.5 Å². The maximum atomic E-state index is 13.5. The van der Waals surface area contributed by atoms with Gasteiger partial charge in [0.05, 0.1) is 10.8 Å². The fraction of sp³-hybridized carbons (Fsp3) is 0.455. The minimum atomic E-state index is -3.66. The summed E-state index contributed by atoms with van der Waals surface area (Å²) in [6, 6.07) is 11.0. The molecular formula is C22H27N3O3S. The summed E-state index contributed by atoms with van der Waals surface area (Å²) in [4.78, 5) is 19.2. The molecule has 0 unspecified atom stereocenters. The Morgan fingerprint density at radius 3 is 2.59 bits per heavy atom. The molecule has 1 aromatic heterocycles. The van der Waals surface area contributed by atoms with Gasteiger partial charge in [-0.2, -0.15) is 4.31 Å². The molecule has 2 saturated heterocycles. The molecule has 29 heavy (non-hydrogen) atoms. The van der Waals surface area contributed by atoms with Crippen LogP contribution in [0, 0.1) is 5.92 Å². The van der Waals surface area contributed by atoms with Gasteiger partial charge in [-0.15, -0.1) is 0 Å². The van der Waals surface area contributed by atoms with Crippen LogP contribution in [-0.4, -0.2) is 54.7 Å². The lowest BCUT2D eigenvalue weighted by atomic mass is 9.98. The monoisotopic (exact) mass is 413 g/mol. The highest BCUT2D eigenvalue weighted by molar-refractivity contribution is 7.89. The van der Waals surface area contributed by atoms with Crippen molar-refractivity contribution in [1.29, 1.82) is 0 Å². The molecular weight excluding hydrogens is 386 g/mol. The van der Waals surface area contributed by atoms with Crippen LogP contribution in [0.1, 0.15) is 36.8 Å². The van der Waals surface area contributed by atoms with Crippen molar-refractivity contribution in [2.45, 2.75) is 37.0 Å². The number of pyridine rings is 1. The number of aromatic nitrogens is 1. The zero-order valence-electron chi connectivity index (χ0n) is 16.5. The molecule has 2 fully saturated rings. The lowest BCUT2D eigenvalue weighted by Crippen LogP contribution is -2.46. The van der Waals surface area contributed by atoms with Gasteiger partial charge < -0.3 is 4.90 Å². The Balaban J connectivity index is 1.56. The molecule has 3 heterocycles. The summed E-state index contributed by atoms with van der Waals surface area (Å²) in [7, 11) is -3.66. The molecule has 0 N–H and O–H groups in total. The first kappa shape index (κ1) is 20.0. The van der Waals surface area contributed by atoms with Crippen molar-refractivity contribution in [2.24, 2.45) is 5.92 Å². The van der Waals surface area contributed by atoms with Crippen molar-refractivity contribution in [2.75, 3.05) is 26.2 Å². The average Bonchev–Trinajstić information content (AvgIpc) is 3.29. The molecule has 1 aromatic carbocycles. The second kappa shape index (κ2) is 8.63. The summed E-state index contributed by atoms with van der Waals surface area (Å²) in [6.45, 7) is 2.35. The lowest BCUT2D eigenvalue weighted by Gasteiger charge is -2.33. The normalized spacial score (nSPS) is 20.7. The first-order chi connectivity index (χ1) is 14.1. The van der Waals surface area contributed by atoms with E-state index in [2.05, 4.69) is 4.98 Å². The number of benzene rings is 1. The predicted molar refractivity (Wildman–Crippen MR) is 111 cm³/mol. The van der Waals surface area contributed by atoms with Crippen LogP contribution in [0.25, 0.3) is 0 Å². The molecule has 0 spiro atoms. The summed E-state index contributed by atoms with van der Waals surface area (Å²) in [5.74, 6) is -0.117. The Hall–Kier alpha value is -2.25. The molecule has 2 aliphatic heterocycles. The standard InChI is InChI=1S/C22H27N3O3S/c26-22(24-12-3-4-13-24)20-9-6-14-25(17-20)29(27,28)21-10-2-1-8-19(21)15-18-7-5-11-23-16-18/h1-2,5,7-8,10-11,16,20H,3-4,6,9,12-15,17H2/t20-/m0/s1. The second-order valence-electron chi connectivity index (χ2n) is 7.88. The van der Waals surface area contributed by atoms with Gasteiger partial charge in [0, 0.05) is 45.0 Å². The first-order valence-electron chi connectivity index (χ1n) is 10.3. The van der Waals surface area contributed by atoms with Crippen molar-refractivity contribution in [3.63, 3.8) is 0 Å². The molecule has 2 aliphatic rings. The number of amides is 1. The molecule has 0 radical (unpaired) electrons. The van der Waals surface area contributed by atoms with Crippen molar-refractivity contribution < 1.29 is 13.2 Å². The Labute approximate surface area is 172 Å². The Bertz CT molecular complexity index is 956. The summed E-state index contributed by atoms with van der Waals surface area (Å²) in [5, 5.41) is 0. The van der Waals surface area contributed by atoms with Crippen LogP contribution in [-0.2, 0) is 21.2 Å². The van der Waals surface area contributed by atoms with Gasteiger partial charge in [-0.05, 0) is 48.9 Å². The van der Waals surface area contributed by atoms with E-state index in [1.807, 2.05) is 29.2 Å². The topological polar surface area (TPSA) is 70.6 Å². The Morgan fingerprint density at radius 1 is 1.03 bits per heavy atom. The van der Waals surface area contributed by atoms with E-state index in [0.29, 0.717) is 24.3 Å². The molecule has 4 rings (SSSR count). The van der Waals surface area contributed by atoms with Crippen molar-refractivity contribution in [1.82, 2.24) is 14.2 Å². The number of hydrogen-bond acceptors (Lipinski definition) is 4. The molecule has 0 bridgehead atoms. The van der Waals surface area contributed by atoms with E-state index in [-0.39, 0.29) is 18.4 Å². The van der Waals surface area contributed by atoms with E-state index >= 15 is 0 Å². The number of hydrogen-bond donors (Lipinski definition) is 0. The first-order valence-corrected chi connectivity index (χ1v) is 11.8. The minimum Gasteiger partial charge on any atom is -0.342 e. The highest BCUT2D eigenvalue weighted by Gasteiger charge is 2.36. The molecule has 0 saturated carbocycles. The molecule has 0 aliphatic carbocycles. The molecule has 154 valence electrons. The number of piperidine rings is 1. The maximum Gasteiger partial charge on any atom is 0.243 e. The van der Waals surface area contributed by atoms with Crippen LogP contribution in [0.3, 0.4) is 0 Å². The SMILES string of the molecule is O=C([C@H]1CCCN(S(=O)(=O)c2ccccc2Cc2cccnc2)C1)N1CCCC1. The van der Waals surface area contributed by atoms with Gasteiger partial charge in [0.2, 0.25) is 15.9 Å². The van der Waals surface area contributed by atoms with Crippen LogP contribution in [0.2, 0.25) is 0 Å². The maximum absolute atomic E-state index is 13.5. The van der Waals surface area contributed by atoms with Gasteiger partial charge in [0.15, 0.2) is 0 Å². The summed E-state index contributed by atoms with van der Waals surface area (Å²) in [6.07, 6.45) is 7.54. The van der Waals surface area contributed by atoms with Gasteiger partial charge in [0.1, 0.15) is 0 Å². The zero-order valence-corrected chi connectivity index (χ0v) is 17.4. The largest absolute Gasteiger partial charge is 0.342 e. The van der Waals surface area contributed by atoms with E-state index in [0.717, 1.165) is 43.5 Å². The molecule has 6 nitrogen and oxygen atoms in total. The molecule has 2 aromatic rings. The third-order valence-electron chi connectivity index (χ3n) is 5.86. The van der Waals surface area contributed by atoms with Crippen LogP contribution in [0.15, 0.2) is 53.7 Å². The van der Waals surface area contributed by atoms with Crippen LogP contribution >= 0.6 is 0 Å². The number of rotatable bonds is 5. The van der Waals surface area contributed by atoms with Crippen LogP contribution < -0.4 is 0 Å². The van der Waals surface area contributed by atoms with Crippen molar-refractivity contribution in [3.05, 3.63) is 59.9 Å². The summed E-state index contributed by atoms with van der Waals surface area (Å²) >= 11 is 0. The number of carbonyl (C=O) groups excluding carboxylic acids is 1.